The van der Waals surface area contributed by atoms with E-state index in [9.17, 15) is 0 Å². The maximum absolute atomic E-state index is 3.02. The lowest BCUT2D eigenvalue weighted by Crippen LogP contribution is -1.78. The molecule has 0 aromatic heterocycles. The van der Waals surface area contributed by atoms with Gasteiger partial charge in [-0.25, -0.2) is 0 Å². The standard InChI is InChI=1S/C8H8/c1-8-6-4-2-3-5-7-8/h2-4,6,8H,1H3. The molecule has 1 aliphatic rings. The lowest BCUT2D eigenvalue weighted by atomic mass is 10.2. The zero-order chi connectivity index (χ0) is 5.82. The quantitative estimate of drug-likeness (QED) is 0.411. The van der Waals surface area contributed by atoms with Crippen molar-refractivity contribution in [3.05, 3.63) is 24.3 Å². The highest BCUT2D eigenvalue weighted by Gasteiger charge is 1.86. The molecular weight excluding hydrogens is 96.1 g/mol. The highest BCUT2D eigenvalue weighted by Crippen LogP contribution is 1.96. The Morgan fingerprint density at radius 3 is 3.12 bits per heavy atom. The van der Waals surface area contributed by atoms with Crippen molar-refractivity contribution >= 4 is 0 Å². The molecule has 40 valence electrons. The van der Waals surface area contributed by atoms with Gasteiger partial charge in [0.2, 0.25) is 0 Å². The van der Waals surface area contributed by atoms with Gasteiger partial charge >= 0.3 is 0 Å². The fourth-order valence-corrected chi connectivity index (χ4v) is 0.562. The molecule has 1 rings (SSSR count). The molecule has 0 aliphatic heterocycles. The summed E-state index contributed by atoms with van der Waals surface area (Å²) in [4.78, 5) is 0. The Hall–Kier alpha value is -0.960. The van der Waals surface area contributed by atoms with Crippen LogP contribution in [0.4, 0.5) is 0 Å². The Labute approximate surface area is 49.9 Å². The van der Waals surface area contributed by atoms with Crippen molar-refractivity contribution in [1.82, 2.24) is 0 Å². The predicted octanol–water partition coefficient (Wildman–Crippen LogP) is 1.75. The lowest BCUT2D eigenvalue weighted by molar-refractivity contribution is 0.982. The van der Waals surface area contributed by atoms with Crippen molar-refractivity contribution in [3.8, 4) is 11.8 Å². The molecule has 0 aromatic carbocycles. The van der Waals surface area contributed by atoms with E-state index in [0.29, 0.717) is 5.92 Å². The molecule has 0 amide bonds. The predicted molar refractivity (Wildman–Crippen MR) is 35.2 cm³/mol. The zero-order valence-electron chi connectivity index (χ0n) is 4.89. The number of hydrogen-bond acceptors (Lipinski definition) is 0. The Kier molecular flexibility index (Phi) is 1.54. The normalized spacial score (nSPS) is 23.9. The monoisotopic (exact) mass is 104 g/mol. The average Bonchev–Trinajstić information content (AvgIpc) is 1.94. The highest BCUT2D eigenvalue weighted by atomic mass is 13.9. The first-order valence-corrected chi connectivity index (χ1v) is 2.74. The van der Waals surface area contributed by atoms with Crippen LogP contribution < -0.4 is 0 Å². The molecule has 1 unspecified atom stereocenters. The largest absolute Gasteiger partial charge is 0.0912 e. The molecule has 0 aromatic rings. The van der Waals surface area contributed by atoms with Crippen molar-refractivity contribution in [2.24, 2.45) is 5.92 Å². The van der Waals surface area contributed by atoms with Crippen LogP contribution in [-0.4, -0.2) is 0 Å². The van der Waals surface area contributed by atoms with Crippen LogP contribution in [-0.2, 0) is 0 Å². The van der Waals surface area contributed by atoms with Crippen LogP contribution >= 0.6 is 0 Å². The van der Waals surface area contributed by atoms with Crippen molar-refractivity contribution in [2.75, 3.05) is 0 Å². The zero-order valence-corrected chi connectivity index (χ0v) is 4.89. The van der Waals surface area contributed by atoms with Crippen molar-refractivity contribution in [2.45, 2.75) is 6.92 Å². The molecule has 0 saturated carbocycles. The van der Waals surface area contributed by atoms with Crippen LogP contribution in [0.1, 0.15) is 6.92 Å². The van der Waals surface area contributed by atoms with E-state index in [2.05, 4.69) is 24.8 Å². The van der Waals surface area contributed by atoms with Crippen LogP contribution in [0.3, 0.4) is 0 Å². The van der Waals surface area contributed by atoms with Gasteiger partial charge in [-0.3, -0.25) is 0 Å². The molecule has 8 heavy (non-hydrogen) atoms. The number of allylic oxidation sites excluding steroid dienone is 4. The van der Waals surface area contributed by atoms with Crippen molar-refractivity contribution in [3.63, 3.8) is 0 Å². The number of hydrogen-bond donors (Lipinski definition) is 0. The second-order valence-electron chi connectivity index (χ2n) is 1.82. The van der Waals surface area contributed by atoms with Gasteiger partial charge in [-0.15, -0.1) is 0 Å². The Bertz CT molecular complexity index is 174. The average molecular weight is 104 g/mol. The molecule has 1 aliphatic carbocycles. The fourth-order valence-electron chi connectivity index (χ4n) is 0.562. The maximum Gasteiger partial charge on any atom is 0.0360 e. The summed E-state index contributed by atoms with van der Waals surface area (Å²) in [5.41, 5.74) is 0. The van der Waals surface area contributed by atoms with Gasteiger partial charge in [-0.2, -0.15) is 0 Å². The van der Waals surface area contributed by atoms with Crippen molar-refractivity contribution in [1.29, 1.82) is 0 Å². The Morgan fingerprint density at radius 1 is 1.38 bits per heavy atom. The minimum absolute atomic E-state index is 0.421. The number of rotatable bonds is 0. The van der Waals surface area contributed by atoms with Gasteiger partial charge < -0.3 is 0 Å². The van der Waals surface area contributed by atoms with Gasteiger partial charge in [0.05, 0.1) is 0 Å². The first kappa shape index (κ1) is 5.18. The third-order valence-electron chi connectivity index (χ3n) is 1.00. The molecule has 1 atom stereocenters. The van der Waals surface area contributed by atoms with E-state index in [1.54, 1.807) is 0 Å². The molecule has 0 nitrogen and oxygen atoms in total. The van der Waals surface area contributed by atoms with Crippen LogP contribution in [0.2, 0.25) is 0 Å². The van der Waals surface area contributed by atoms with E-state index in [1.165, 1.54) is 0 Å². The summed E-state index contributed by atoms with van der Waals surface area (Å²) < 4.78 is 0. The molecule has 0 spiro atoms. The van der Waals surface area contributed by atoms with Crippen LogP contribution in [0.25, 0.3) is 0 Å². The summed E-state index contributed by atoms with van der Waals surface area (Å²) in [6, 6.07) is 0. The van der Waals surface area contributed by atoms with Gasteiger partial charge in [0.15, 0.2) is 0 Å². The summed E-state index contributed by atoms with van der Waals surface area (Å²) in [6.45, 7) is 2.08. The fraction of sp³-hybridized carbons (Fsp3) is 0.250. The third kappa shape index (κ3) is 1.27. The highest BCUT2D eigenvalue weighted by molar-refractivity contribution is 5.26. The maximum atomic E-state index is 3.02. The first-order valence-electron chi connectivity index (χ1n) is 2.74. The van der Waals surface area contributed by atoms with Gasteiger partial charge in [0.1, 0.15) is 0 Å². The van der Waals surface area contributed by atoms with Crippen molar-refractivity contribution < 1.29 is 0 Å². The van der Waals surface area contributed by atoms with Crippen LogP contribution in [0.15, 0.2) is 24.3 Å². The topological polar surface area (TPSA) is 0 Å². The van der Waals surface area contributed by atoms with Gasteiger partial charge in [0, 0.05) is 5.92 Å². The molecule has 0 saturated heterocycles. The molecule has 0 heterocycles. The first-order chi connectivity index (χ1) is 3.89. The summed E-state index contributed by atoms with van der Waals surface area (Å²) in [5, 5.41) is 0. The minimum Gasteiger partial charge on any atom is -0.0912 e. The summed E-state index contributed by atoms with van der Waals surface area (Å²) in [6.07, 6.45) is 7.91. The Balaban J connectivity index is 2.73. The van der Waals surface area contributed by atoms with E-state index in [0.717, 1.165) is 0 Å². The van der Waals surface area contributed by atoms with Crippen LogP contribution in [0.5, 0.6) is 0 Å². The summed E-state index contributed by atoms with van der Waals surface area (Å²) >= 11 is 0. The minimum atomic E-state index is 0.421. The van der Waals surface area contributed by atoms with E-state index >= 15 is 0 Å². The molecule has 0 heteroatoms. The SMILES string of the molecule is CC1C#CC=CC=C1. The Morgan fingerprint density at radius 2 is 2.25 bits per heavy atom. The van der Waals surface area contributed by atoms with Gasteiger partial charge in [-0.05, 0) is 13.0 Å². The van der Waals surface area contributed by atoms with Gasteiger partial charge in [-0.1, -0.05) is 30.1 Å². The van der Waals surface area contributed by atoms with E-state index in [4.69, 9.17) is 0 Å². The molecule has 0 N–H and O–H groups in total. The third-order valence-corrected chi connectivity index (χ3v) is 1.00. The summed E-state index contributed by atoms with van der Waals surface area (Å²) in [7, 11) is 0. The lowest BCUT2D eigenvalue weighted by Gasteiger charge is -1.86. The second-order valence-corrected chi connectivity index (χ2v) is 1.82. The van der Waals surface area contributed by atoms with E-state index < -0.39 is 0 Å². The molecule has 0 fully saturated rings. The molecule has 0 bridgehead atoms. The van der Waals surface area contributed by atoms with E-state index in [-0.39, 0.29) is 0 Å². The summed E-state index contributed by atoms with van der Waals surface area (Å²) in [5.74, 6) is 6.35. The smallest absolute Gasteiger partial charge is 0.0360 e. The van der Waals surface area contributed by atoms with Crippen LogP contribution in [0, 0.1) is 17.8 Å². The molecular formula is C8H8. The molecule has 0 radical (unpaired) electrons. The van der Waals surface area contributed by atoms with Gasteiger partial charge in [0.25, 0.3) is 0 Å². The second kappa shape index (κ2) is 2.37. The van der Waals surface area contributed by atoms with E-state index in [1.807, 2.05) is 18.2 Å².